The molecule has 0 N–H and O–H groups in total. The molecular formula is C20H20FN3O. The van der Waals surface area contributed by atoms with Crippen LogP contribution in [0, 0.1) is 0 Å². The highest BCUT2D eigenvalue weighted by atomic mass is 19.1. The van der Waals surface area contributed by atoms with Crippen LogP contribution in [0.3, 0.4) is 0 Å². The molecule has 0 bridgehead atoms. The number of alkyl halides is 1. The fourth-order valence-corrected chi connectivity index (χ4v) is 2.46. The van der Waals surface area contributed by atoms with Crippen LogP contribution in [0.1, 0.15) is 11.1 Å². The summed E-state index contributed by atoms with van der Waals surface area (Å²) in [4.78, 5) is 10.4. The number of halogens is 1. The number of aromatic nitrogens is 1. The highest BCUT2D eigenvalue weighted by molar-refractivity contribution is 5.82. The van der Waals surface area contributed by atoms with Gasteiger partial charge in [0, 0.05) is 24.9 Å². The third-order valence-corrected chi connectivity index (χ3v) is 3.85. The second-order valence-corrected chi connectivity index (χ2v) is 5.84. The molecule has 5 heteroatoms. The molecule has 1 heterocycles. The number of oxazole rings is 1. The summed E-state index contributed by atoms with van der Waals surface area (Å²) in [6, 6.07) is 15.9. The molecule has 1 aromatic heterocycles. The van der Waals surface area contributed by atoms with Gasteiger partial charge in [-0.25, -0.2) is 9.37 Å². The lowest BCUT2D eigenvalue weighted by Gasteiger charge is -2.14. The van der Waals surface area contributed by atoms with E-state index in [1.165, 1.54) is 6.39 Å². The van der Waals surface area contributed by atoms with Gasteiger partial charge >= 0.3 is 0 Å². The molecule has 0 aliphatic heterocycles. The first kappa shape index (κ1) is 17.0. The lowest BCUT2D eigenvalue weighted by molar-refractivity contribution is 0.289. The van der Waals surface area contributed by atoms with Crippen molar-refractivity contribution in [2.24, 2.45) is 4.99 Å². The van der Waals surface area contributed by atoms with Crippen molar-refractivity contribution in [2.45, 2.75) is 6.54 Å². The van der Waals surface area contributed by atoms with Crippen LogP contribution in [-0.4, -0.2) is 36.4 Å². The zero-order valence-electron chi connectivity index (χ0n) is 14.1. The molecule has 0 atom stereocenters. The van der Waals surface area contributed by atoms with Crippen molar-refractivity contribution in [2.75, 3.05) is 20.3 Å². The highest BCUT2D eigenvalue weighted by Gasteiger charge is 2.01. The van der Waals surface area contributed by atoms with Crippen LogP contribution in [0.15, 0.2) is 70.5 Å². The third kappa shape index (κ3) is 4.84. The summed E-state index contributed by atoms with van der Waals surface area (Å²) in [5, 5.41) is 0. The van der Waals surface area contributed by atoms with Crippen LogP contribution in [0.25, 0.3) is 11.3 Å². The molecule has 3 rings (SSSR count). The molecular weight excluding hydrogens is 317 g/mol. The highest BCUT2D eigenvalue weighted by Crippen LogP contribution is 2.22. The Bertz CT molecular complexity index is 796. The second kappa shape index (κ2) is 8.35. The Morgan fingerprint density at radius 1 is 1.12 bits per heavy atom. The number of rotatable bonds is 7. The number of hydrogen-bond acceptors (Lipinski definition) is 4. The fraction of sp³-hybridized carbons (Fsp3) is 0.200. The molecule has 0 aliphatic rings. The van der Waals surface area contributed by atoms with Crippen molar-refractivity contribution < 1.29 is 8.81 Å². The molecule has 0 saturated heterocycles. The van der Waals surface area contributed by atoms with Crippen molar-refractivity contribution >= 4 is 11.9 Å². The summed E-state index contributed by atoms with van der Waals surface area (Å²) >= 11 is 0. The molecule has 2 aromatic carbocycles. The van der Waals surface area contributed by atoms with Crippen molar-refractivity contribution in [3.8, 4) is 11.3 Å². The van der Waals surface area contributed by atoms with E-state index in [0.29, 0.717) is 6.54 Å². The predicted molar refractivity (Wildman–Crippen MR) is 97.9 cm³/mol. The van der Waals surface area contributed by atoms with E-state index >= 15 is 0 Å². The van der Waals surface area contributed by atoms with Crippen LogP contribution >= 0.6 is 0 Å². The molecule has 4 nitrogen and oxygen atoms in total. The molecule has 0 spiro atoms. The average molecular weight is 337 g/mol. The molecule has 0 radical (unpaired) electrons. The molecule has 0 saturated carbocycles. The molecule has 3 aromatic rings. The Labute approximate surface area is 146 Å². The summed E-state index contributed by atoms with van der Waals surface area (Å²) < 4.78 is 17.6. The number of hydrogen-bond donors (Lipinski definition) is 0. The zero-order valence-corrected chi connectivity index (χ0v) is 14.1. The monoisotopic (exact) mass is 337 g/mol. The van der Waals surface area contributed by atoms with Gasteiger partial charge in [-0.2, -0.15) is 0 Å². The number of benzene rings is 2. The van der Waals surface area contributed by atoms with E-state index in [1.54, 1.807) is 6.20 Å². The first-order chi connectivity index (χ1) is 12.2. The van der Waals surface area contributed by atoms with Gasteiger partial charge in [-0.05, 0) is 42.4 Å². The molecule has 0 amide bonds. The average Bonchev–Trinajstić information content (AvgIpc) is 3.16. The second-order valence-electron chi connectivity index (χ2n) is 5.84. The van der Waals surface area contributed by atoms with Gasteiger partial charge < -0.3 is 4.42 Å². The van der Waals surface area contributed by atoms with E-state index in [0.717, 1.165) is 34.7 Å². The maximum atomic E-state index is 12.3. The summed E-state index contributed by atoms with van der Waals surface area (Å²) in [6.45, 7) is 0.869. The van der Waals surface area contributed by atoms with Crippen molar-refractivity contribution in [1.29, 1.82) is 0 Å². The van der Waals surface area contributed by atoms with Crippen LogP contribution < -0.4 is 0 Å². The Morgan fingerprint density at radius 3 is 2.52 bits per heavy atom. The lowest BCUT2D eigenvalue weighted by Crippen LogP contribution is -2.20. The first-order valence-corrected chi connectivity index (χ1v) is 8.11. The SMILES string of the molecule is CN(CCF)Cc1ccc(C=Nc2ccc(-c3cnco3)cc2)cc1. The van der Waals surface area contributed by atoms with Crippen molar-refractivity contribution in [1.82, 2.24) is 9.88 Å². The maximum absolute atomic E-state index is 12.3. The zero-order chi connectivity index (χ0) is 17.5. The van der Waals surface area contributed by atoms with E-state index < -0.39 is 0 Å². The minimum Gasteiger partial charge on any atom is -0.444 e. The molecule has 128 valence electrons. The Balaban J connectivity index is 1.61. The van der Waals surface area contributed by atoms with Crippen LogP contribution in [0.4, 0.5) is 10.1 Å². The maximum Gasteiger partial charge on any atom is 0.181 e. The van der Waals surface area contributed by atoms with Gasteiger partial charge in [0.15, 0.2) is 12.2 Å². The Hall–Kier alpha value is -2.79. The topological polar surface area (TPSA) is 41.6 Å². The van der Waals surface area contributed by atoms with Gasteiger partial charge in [-0.3, -0.25) is 9.89 Å². The van der Waals surface area contributed by atoms with E-state index in [1.807, 2.05) is 66.7 Å². The predicted octanol–water partition coefficient (Wildman–Crippen LogP) is 4.49. The van der Waals surface area contributed by atoms with Gasteiger partial charge in [0.25, 0.3) is 0 Å². The van der Waals surface area contributed by atoms with Gasteiger partial charge in [-0.15, -0.1) is 0 Å². The van der Waals surface area contributed by atoms with Gasteiger partial charge in [-0.1, -0.05) is 24.3 Å². The van der Waals surface area contributed by atoms with Gasteiger partial charge in [0.05, 0.1) is 11.9 Å². The van der Waals surface area contributed by atoms with E-state index in [-0.39, 0.29) is 6.67 Å². The fourth-order valence-electron chi connectivity index (χ4n) is 2.46. The summed E-state index contributed by atoms with van der Waals surface area (Å²) in [5.41, 5.74) is 4.02. The lowest BCUT2D eigenvalue weighted by atomic mass is 10.1. The molecule has 0 fully saturated rings. The quantitative estimate of drug-likeness (QED) is 0.596. The minimum absolute atomic E-state index is 0.323. The van der Waals surface area contributed by atoms with E-state index in [4.69, 9.17) is 4.42 Å². The van der Waals surface area contributed by atoms with Gasteiger partial charge in [0.2, 0.25) is 0 Å². The van der Waals surface area contributed by atoms with Crippen molar-refractivity contribution in [3.63, 3.8) is 0 Å². The summed E-state index contributed by atoms with van der Waals surface area (Å²) in [5.74, 6) is 0.740. The number of nitrogens with zero attached hydrogens (tertiary/aromatic N) is 3. The molecule has 25 heavy (non-hydrogen) atoms. The molecule has 0 unspecified atom stereocenters. The summed E-state index contributed by atoms with van der Waals surface area (Å²) in [6.07, 6.45) is 4.93. The van der Waals surface area contributed by atoms with Crippen LogP contribution in [-0.2, 0) is 6.54 Å². The minimum atomic E-state index is -0.323. The Morgan fingerprint density at radius 2 is 1.88 bits per heavy atom. The standard InChI is InChI=1S/C20H20FN3O/c1-24(11-10-21)14-17-4-2-16(3-5-17)12-23-19-8-6-18(7-9-19)20-13-22-15-25-20/h2-9,12-13,15H,10-11,14H2,1H3. The van der Waals surface area contributed by atoms with Crippen LogP contribution in [0.2, 0.25) is 0 Å². The largest absolute Gasteiger partial charge is 0.444 e. The van der Waals surface area contributed by atoms with Gasteiger partial charge in [0.1, 0.15) is 6.67 Å². The van der Waals surface area contributed by atoms with Crippen LogP contribution in [0.5, 0.6) is 0 Å². The van der Waals surface area contributed by atoms with E-state index in [2.05, 4.69) is 9.98 Å². The summed E-state index contributed by atoms with van der Waals surface area (Å²) in [7, 11) is 1.91. The molecule has 0 aliphatic carbocycles. The van der Waals surface area contributed by atoms with E-state index in [9.17, 15) is 4.39 Å². The number of aliphatic imine (C=N–C) groups is 1. The van der Waals surface area contributed by atoms with Crippen molar-refractivity contribution in [3.05, 3.63) is 72.2 Å². The third-order valence-electron chi connectivity index (χ3n) is 3.85. The smallest absolute Gasteiger partial charge is 0.181 e. The normalized spacial score (nSPS) is 11.5. The Kier molecular flexibility index (Phi) is 5.69. The first-order valence-electron chi connectivity index (χ1n) is 8.11.